The number of sulfonamides is 1. The molecule has 0 saturated carbocycles. The molecule has 0 fully saturated rings. The van der Waals surface area contributed by atoms with Crippen LogP contribution < -0.4 is 10.0 Å². The number of carbonyl (C=O) groups is 1. The molecule has 1 aromatic rings. The van der Waals surface area contributed by atoms with E-state index in [9.17, 15) is 13.2 Å². The van der Waals surface area contributed by atoms with Crippen molar-refractivity contribution in [2.75, 3.05) is 7.05 Å². The van der Waals surface area contributed by atoms with Crippen LogP contribution in [0.15, 0.2) is 29.2 Å². The fraction of sp³-hybridized carbons (Fsp3) is 0.533. The van der Waals surface area contributed by atoms with E-state index in [-0.39, 0.29) is 16.8 Å². The second-order valence-electron chi connectivity index (χ2n) is 5.45. The molecule has 0 radical (unpaired) electrons. The number of rotatable bonds is 7. The smallest absolute Gasteiger partial charge is 0.240 e. The van der Waals surface area contributed by atoms with Crippen LogP contribution in [-0.4, -0.2) is 27.4 Å². The molecule has 1 unspecified atom stereocenters. The summed E-state index contributed by atoms with van der Waals surface area (Å²) in [6.45, 7) is 6.11. The number of amides is 1. The van der Waals surface area contributed by atoms with Crippen molar-refractivity contribution in [2.24, 2.45) is 5.92 Å². The SMILES string of the molecule is CNS(=O)(=O)c1ccc(CCC(=O)NC(C)C(C)C)cc1. The molecular weight excluding hydrogens is 288 g/mol. The lowest BCUT2D eigenvalue weighted by Crippen LogP contribution is -2.36. The Morgan fingerprint density at radius 1 is 1.14 bits per heavy atom. The van der Waals surface area contributed by atoms with E-state index in [4.69, 9.17) is 0 Å². The van der Waals surface area contributed by atoms with Gasteiger partial charge in [-0.05, 0) is 44.0 Å². The quantitative estimate of drug-likeness (QED) is 0.804. The van der Waals surface area contributed by atoms with Crippen LogP contribution >= 0.6 is 0 Å². The third kappa shape index (κ3) is 5.47. The molecule has 1 aromatic carbocycles. The summed E-state index contributed by atoms with van der Waals surface area (Å²) in [6, 6.07) is 6.74. The molecule has 0 aromatic heterocycles. The molecule has 0 spiro atoms. The van der Waals surface area contributed by atoms with Gasteiger partial charge < -0.3 is 5.32 Å². The van der Waals surface area contributed by atoms with Gasteiger partial charge in [-0.3, -0.25) is 4.79 Å². The van der Waals surface area contributed by atoms with Gasteiger partial charge in [0, 0.05) is 12.5 Å². The van der Waals surface area contributed by atoms with Crippen LogP contribution in [0.5, 0.6) is 0 Å². The van der Waals surface area contributed by atoms with Crippen LogP contribution in [-0.2, 0) is 21.2 Å². The summed E-state index contributed by atoms with van der Waals surface area (Å²) in [5, 5.41) is 2.95. The summed E-state index contributed by atoms with van der Waals surface area (Å²) in [6.07, 6.45) is 0.992. The predicted molar refractivity (Wildman–Crippen MR) is 83.5 cm³/mol. The van der Waals surface area contributed by atoms with Crippen LogP contribution in [0.1, 0.15) is 32.8 Å². The Morgan fingerprint density at radius 3 is 2.19 bits per heavy atom. The van der Waals surface area contributed by atoms with Crippen molar-refractivity contribution in [1.29, 1.82) is 0 Å². The first-order valence-corrected chi connectivity index (χ1v) is 8.56. The van der Waals surface area contributed by atoms with Gasteiger partial charge in [0.25, 0.3) is 0 Å². The summed E-state index contributed by atoms with van der Waals surface area (Å²) < 4.78 is 25.4. The van der Waals surface area contributed by atoms with Crippen molar-refractivity contribution in [3.63, 3.8) is 0 Å². The number of hydrogen-bond acceptors (Lipinski definition) is 3. The zero-order chi connectivity index (χ0) is 16.0. The number of benzene rings is 1. The molecule has 21 heavy (non-hydrogen) atoms. The lowest BCUT2D eigenvalue weighted by atomic mass is 10.1. The minimum Gasteiger partial charge on any atom is -0.353 e. The van der Waals surface area contributed by atoms with Crippen LogP contribution in [0, 0.1) is 5.92 Å². The highest BCUT2D eigenvalue weighted by Gasteiger charge is 2.12. The van der Waals surface area contributed by atoms with Crippen molar-refractivity contribution >= 4 is 15.9 Å². The molecule has 1 amide bonds. The fourth-order valence-electron chi connectivity index (χ4n) is 1.70. The second kappa shape index (κ2) is 7.56. The topological polar surface area (TPSA) is 75.3 Å². The van der Waals surface area contributed by atoms with Gasteiger partial charge in [-0.1, -0.05) is 26.0 Å². The number of aryl methyl sites for hydroxylation is 1. The Bertz CT molecular complexity index is 565. The maximum atomic E-state index is 11.8. The lowest BCUT2D eigenvalue weighted by molar-refractivity contribution is -0.121. The summed E-state index contributed by atoms with van der Waals surface area (Å²) >= 11 is 0. The predicted octanol–water partition coefficient (Wildman–Crippen LogP) is 1.69. The minimum atomic E-state index is -3.40. The average molecular weight is 312 g/mol. The molecule has 6 heteroatoms. The second-order valence-corrected chi connectivity index (χ2v) is 7.34. The van der Waals surface area contributed by atoms with E-state index in [1.54, 1.807) is 24.3 Å². The molecule has 0 saturated heterocycles. The van der Waals surface area contributed by atoms with Crippen molar-refractivity contribution in [1.82, 2.24) is 10.0 Å². The van der Waals surface area contributed by atoms with Gasteiger partial charge in [0.1, 0.15) is 0 Å². The normalized spacial score (nSPS) is 13.2. The molecule has 0 heterocycles. The summed E-state index contributed by atoms with van der Waals surface area (Å²) in [7, 11) is -2.02. The van der Waals surface area contributed by atoms with Gasteiger partial charge >= 0.3 is 0 Å². The zero-order valence-electron chi connectivity index (χ0n) is 13.0. The molecule has 118 valence electrons. The van der Waals surface area contributed by atoms with Crippen molar-refractivity contribution in [2.45, 2.75) is 44.6 Å². The highest BCUT2D eigenvalue weighted by molar-refractivity contribution is 7.89. The largest absolute Gasteiger partial charge is 0.353 e. The highest BCUT2D eigenvalue weighted by atomic mass is 32.2. The fourth-order valence-corrected chi connectivity index (χ4v) is 2.43. The van der Waals surface area contributed by atoms with Gasteiger partial charge in [0.15, 0.2) is 0 Å². The Hall–Kier alpha value is -1.40. The van der Waals surface area contributed by atoms with Crippen LogP contribution in [0.2, 0.25) is 0 Å². The highest BCUT2D eigenvalue weighted by Crippen LogP contribution is 2.11. The summed E-state index contributed by atoms with van der Waals surface area (Å²) in [5.74, 6) is 0.420. The van der Waals surface area contributed by atoms with E-state index >= 15 is 0 Å². The maximum Gasteiger partial charge on any atom is 0.240 e. The van der Waals surface area contributed by atoms with E-state index < -0.39 is 10.0 Å². The zero-order valence-corrected chi connectivity index (χ0v) is 13.8. The molecule has 0 aliphatic carbocycles. The van der Waals surface area contributed by atoms with Gasteiger partial charge in [-0.25, -0.2) is 13.1 Å². The van der Waals surface area contributed by atoms with Gasteiger partial charge in [0.2, 0.25) is 15.9 Å². The average Bonchev–Trinajstić information content (AvgIpc) is 2.45. The van der Waals surface area contributed by atoms with E-state index in [1.807, 2.05) is 6.92 Å². The lowest BCUT2D eigenvalue weighted by Gasteiger charge is -2.17. The Labute approximate surface area is 127 Å². The number of carbonyl (C=O) groups excluding carboxylic acids is 1. The first-order chi connectivity index (χ1) is 9.76. The number of nitrogens with one attached hydrogen (secondary N) is 2. The van der Waals surface area contributed by atoms with E-state index in [0.29, 0.717) is 18.8 Å². The molecule has 5 nitrogen and oxygen atoms in total. The molecule has 1 atom stereocenters. The van der Waals surface area contributed by atoms with E-state index in [0.717, 1.165) is 5.56 Å². The van der Waals surface area contributed by atoms with Gasteiger partial charge in [-0.2, -0.15) is 0 Å². The minimum absolute atomic E-state index is 0.0168. The Balaban J connectivity index is 2.56. The Kier molecular flexibility index (Phi) is 6.36. The van der Waals surface area contributed by atoms with Crippen molar-refractivity contribution in [3.8, 4) is 0 Å². The van der Waals surface area contributed by atoms with Crippen molar-refractivity contribution in [3.05, 3.63) is 29.8 Å². The number of hydrogen-bond donors (Lipinski definition) is 2. The first-order valence-electron chi connectivity index (χ1n) is 7.08. The molecule has 2 N–H and O–H groups in total. The van der Waals surface area contributed by atoms with E-state index in [1.165, 1.54) is 7.05 Å². The van der Waals surface area contributed by atoms with E-state index in [2.05, 4.69) is 23.9 Å². The standard InChI is InChI=1S/C15H24N2O3S/c1-11(2)12(3)17-15(18)10-7-13-5-8-14(9-6-13)21(19,20)16-4/h5-6,8-9,11-12,16H,7,10H2,1-4H3,(H,17,18). The molecule has 0 bridgehead atoms. The maximum absolute atomic E-state index is 11.8. The molecule has 0 aliphatic heterocycles. The summed E-state index contributed by atoms with van der Waals surface area (Å²) in [5.41, 5.74) is 0.942. The third-order valence-corrected chi connectivity index (χ3v) is 4.96. The molecular formula is C15H24N2O3S. The summed E-state index contributed by atoms with van der Waals surface area (Å²) in [4.78, 5) is 12.0. The van der Waals surface area contributed by atoms with Crippen LogP contribution in [0.4, 0.5) is 0 Å². The molecule has 0 aliphatic rings. The molecule has 1 rings (SSSR count). The van der Waals surface area contributed by atoms with Crippen LogP contribution in [0.3, 0.4) is 0 Å². The monoisotopic (exact) mass is 312 g/mol. The van der Waals surface area contributed by atoms with Gasteiger partial charge in [0.05, 0.1) is 4.90 Å². The first kappa shape index (κ1) is 17.7. The van der Waals surface area contributed by atoms with Crippen molar-refractivity contribution < 1.29 is 13.2 Å². The van der Waals surface area contributed by atoms with Crippen LogP contribution in [0.25, 0.3) is 0 Å². The third-order valence-electron chi connectivity index (χ3n) is 3.53. The Morgan fingerprint density at radius 2 is 1.71 bits per heavy atom. The van der Waals surface area contributed by atoms with Gasteiger partial charge in [-0.15, -0.1) is 0 Å².